The third-order valence-corrected chi connectivity index (χ3v) is 2.39. The molecule has 0 aromatic carbocycles. The number of amides is 1. The van der Waals surface area contributed by atoms with Crippen LogP contribution in [0.1, 0.15) is 0 Å². The largest absolute Gasteiger partial charge is 0.629 e. The standard InChI is InChI=1S/C7H12N3O.Rh/c1-9-3-7(4-9)6(11)10(2)5-8-7;/h3-5H2,1-2H3;/q-1;. The van der Waals surface area contributed by atoms with Crippen molar-refractivity contribution in [2.24, 2.45) is 0 Å². The third kappa shape index (κ3) is 1.20. The minimum atomic E-state index is -0.344. The number of hydrogen-bond donors (Lipinski definition) is 0. The molecule has 71 valence electrons. The minimum Gasteiger partial charge on any atom is -0.629 e. The Morgan fingerprint density at radius 3 is 2.33 bits per heavy atom. The van der Waals surface area contributed by atoms with Crippen molar-refractivity contribution in [2.45, 2.75) is 5.54 Å². The Balaban J connectivity index is 0.000000720. The maximum Gasteiger partial charge on any atom is 0.208 e. The maximum absolute atomic E-state index is 11.5. The quantitative estimate of drug-likeness (QED) is 0.547. The van der Waals surface area contributed by atoms with Gasteiger partial charge in [0.25, 0.3) is 0 Å². The van der Waals surface area contributed by atoms with E-state index >= 15 is 0 Å². The molecule has 5 heteroatoms. The van der Waals surface area contributed by atoms with Gasteiger partial charge in [-0.3, -0.25) is 4.79 Å². The van der Waals surface area contributed by atoms with Gasteiger partial charge in [0, 0.05) is 26.5 Å². The smallest absolute Gasteiger partial charge is 0.208 e. The average molecular weight is 257 g/mol. The van der Waals surface area contributed by atoms with Crippen LogP contribution in [0.15, 0.2) is 0 Å². The van der Waals surface area contributed by atoms with Crippen LogP contribution < -0.4 is 0 Å². The fraction of sp³-hybridized carbons (Fsp3) is 0.857. The molecule has 2 saturated heterocycles. The van der Waals surface area contributed by atoms with E-state index in [0.29, 0.717) is 6.67 Å². The van der Waals surface area contributed by atoms with Gasteiger partial charge >= 0.3 is 0 Å². The first kappa shape index (κ1) is 10.1. The summed E-state index contributed by atoms with van der Waals surface area (Å²) in [5.74, 6) is 0.190. The van der Waals surface area contributed by atoms with Crippen molar-refractivity contribution in [3.63, 3.8) is 0 Å². The molecule has 0 N–H and O–H groups in total. The van der Waals surface area contributed by atoms with Gasteiger partial charge in [-0.1, -0.05) is 6.67 Å². The molecule has 2 aliphatic heterocycles. The molecule has 0 aromatic heterocycles. The molecule has 2 fully saturated rings. The number of nitrogens with zero attached hydrogens (tertiary/aromatic N) is 3. The Kier molecular flexibility index (Phi) is 2.57. The van der Waals surface area contributed by atoms with Crippen LogP contribution in [0.4, 0.5) is 0 Å². The molecule has 4 nitrogen and oxygen atoms in total. The van der Waals surface area contributed by atoms with Crippen molar-refractivity contribution in [1.82, 2.24) is 9.80 Å². The molecular weight excluding hydrogens is 245 g/mol. The van der Waals surface area contributed by atoms with E-state index in [1.807, 2.05) is 7.05 Å². The summed E-state index contributed by atoms with van der Waals surface area (Å²) in [5.41, 5.74) is -0.344. The molecular formula is C7H12N3ORh-. The van der Waals surface area contributed by atoms with Gasteiger partial charge in [0.2, 0.25) is 5.91 Å². The van der Waals surface area contributed by atoms with Gasteiger partial charge in [-0.15, -0.1) is 0 Å². The molecule has 0 aliphatic carbocycles. The second-order valence-corrected chi connectivity index (χ2v) is 3.51. The first-order valence-electron chi connectivity index (χ1n) is 3.77. The average Bonchev–Trinajstić information content (AvgIpc) is 2.16. The van der Waals surface area contributed by atoms with Crippen LogP contribution in [0.2, 0.25) is 0 Å². The number of rotatable bonds is 0. The fourth-order valence-electron chi connectivity index (χ4n) is 1.81. The second-order valence-electron chi connectivity index (χ2n) is 3.51. The molecule has 0 atom stereocenters. The minimum absolute atomic E-state index is 0. The van der Waals surface area contributed by atoms with Crippen molar-refractivity contribution in [1.29, 1.82) is 0 Å². The normalized spacial score (nSPS) is 27.2. The van der Waals surface area contributed by atoms with Crippen molar-refractivity contribution in [2.75, 3.05) is 33.9 Å². The zero-order chi connectivity index (χ0) is 8.06. The van der Waals surface area contributed by atoms with Gasteiger partial charge in [0.1, 0.15) is 0 Å². The van der Waals surface area contributed by atoms with Crippen LogP contribution in [0, 0.1) is 0 Å². The predicted molar refractivity (Wildman–Crippen MR) is 41.2 cm³/mol. The van der Waals surface area contributed by atoms with Gasteiger partial charge < -0.3 is 15.1 Å². The Bertz CT molecular complexity index is 197. The molecule has 2 aliphatic rings. The van der Waals surface area contributed by atoms with Gasteiger partial charge in [-0.05, 0) is 25.7 Å². The summed E-state index contributed by atoms with van der Waals surface area (Å²) in [5, 5.41) is 4.32. The van der Waals surface area contributed by atoms with Crippen LogP contribution in [0.5, 0.6) is 0 Å². The van der Waals surface area contributed by atoms with E-state index in [1.54, 1.807) is 11.9 Å². The first-order chi connectivity index (χ1) is 5.14. The Labute approximate surface area is 85.0 Å². The molecule has 0 saturated carbocycles. The third-order valence-electron chi connectivity index (χ3n) is 2.39. The molecule has 12 heavy (non-hydrogen) atoms. The monoisotopic (exact) mass is 257 g/mol. The van der Waals surface area contributed by atoms with Gasteiger partial charge in [0.15, 0.2) is 0 Å². The number of likely N-dealkylation sites (N-methyl/N-ethyl adjacent to an activating group) is 2. The first-order valence-corrected chi connectivity index (χ1v) is 3.77. The SMILES string of the molecule is CN1CC2(C1)[N-]CN(C)C2=O.[Rh]. The molecule has 1 amide bonds. The van der Waals surface area contributed by atoms with Gasteiger partial charge in [-0.2, -0.15) is 0 Å². The Hall–Kier alpha value is 0.0134. The molecule has 0 unspecified atom stereocenters. The van der Waals surface area contributed by atoms with Crippen LogP contribution in [-0.4, -0.2) is 55.1 Å². The predicted octanol–water partition coefficient (Wildman–Crippen LogP) is -0.529. The zero-order valence-electron chi connectivity index (χ0n) is 7.20. The maximum atomic E-state index is 11.5. The summed E-state index contributed by atoms with van der Waals surface area (Å²) in [6.45, 7) is 2.18. The summed E-state index contributed by atoms with van der Waals surface area (Å²) in [6, 6.07) is 0. The van der Waals surface area contributed by atoms with Crippen LogP contribution in [0.3, 0.4) is 0 Å². The van der Waals surface area contributed by atoms with Crippen molar-refractivity contribution < 1.29 is 24.3 Å². The Morgan fingerprint density at radius 1 is 1.42 bits per heavy atom. The van der Waals surface area contributed by atoms with E-state index in [-0.39, 0.29) is 30.9 Å². The van der Waals surface area contributed by atoms with Crippen molar-refractivity contribution in [3.05, 3.63) is 5.32 Å². The topological polar surface area (TPSA) is 37.7 Å². The summed E-state index contributed by atoms with van der Waals surface area (Å²) in [6.07, 6.45) is 0. The van der Waals surface area contributed by atoms with Crippen molar-refractivity contribution >= 4 is 5.91 Å². The second kappa shape index (κ2) is 3.05. The van der Waals surface area contributed by atoms with E-state index in [2.05, 4.69) is 10.2 Å². The zero-order valence-corrected chi connectivity index (χ0v) is 8.84. The van der Waals surface area contributed by atoms with E-state index < -0.39 is 0 Å². The summed E-state index contributed by atoms with van der Waals surface area (Å²) >= 11 is 0. The van der Waals surface area contributed by atoms with Crippen molar-refractivity contribution in [3.8, 4) is 0 Å². The molecule has 2 rings (SSSR count). The van der Waals surface area contributed by atoms with Crippen LogP contribution in [-0.2, 0) is 24.3 Å². The fourth-order valence-corrected chi connectivity index (χ4v) is 1.81. The number of carbonyl (C=O) groups excluding carboxylic acids is 1. The number of hydrogen-bond acceptors (Lipinski definition) is 2. The number of carbonyl (C=O) groups is 1. The van der Waals surface area contributed by atoms with Crippen LogP contribution in [0.25, 0.3) is 5.32 Å². The summed E-state index contributed by atoms with van der Waals surface area (Å²) in [7, 11) is 3.81. The van der Waals surface area contributed by atoms with E-state index in [1.165, 1.54) is 0 Å². The molecule has 0 bridgehead atoms. The number of likely N-dealkylation sites (tertiary alicyclic amines) is 1. The van der Waals surface area contributed by atoms with Crippen LogP contribution >= 0.6 is 0 Å². The molecule has 0 aromatic rings. The van der Waals surface area contributed by atoms with Gasteiger partial charge in [-0.25, -0.2) is 0 Å². The van der Waals surface area contributed by atoms with E-state index in [0.717, 1.165) is 13.1 Å². The van der Waals surface area contributed by atoms with E-state index in [9.17, 15) is 4.79 Å². The molecule has 1 radical (unpaired) electrons. The Morgan fingerprint density at radius 2 is 2.00 bits per heavy atom. The van der Waals surface area contributed by atoms with E-state index in [4.69, 9.17) is 0 Å². The van der Waals surface area contributed by atoms with Gasteiger partial charge in [0.05, 0.1) is 0 Å². The molecule has 1 spiro atoms. The summed E-state index contributed by atoms with van der Waals surface area (Å²) < 4.78 is 0. The summed E-state index contributed by atoms with van der Waals surface area (Å²) in [4.78, 5) is 15.3. The molecule has 2 heterocycles.